The maximum Gasteiger partial charge on any atom is 0.0896 e. The molecule has 228 valence electrons. The topological polar surface area (TPSA) is 12.9 Å². The first-order chi connectivity index (χ1) is 23.1. The van der Waals surface area contributed by atoms with Crippen molar-refractivity contribution in [3.05, 3.63) is 154 Å². The number of hydrogen-bond acceptors (Lipinski definition) is 4. The average Bonchev–Trinajstić information content (AvgIpc) is 3.63. The minimum Gasteiger partial charge on any atom is -0.244 e. The first-order valence-electron chi connectivity index (χ1n) is 15.9. The van der Waals surface area contributed by atoms with Crippen LogP contribution in [0.3, 0.4) is 0 Å². The second kappa shape index (κ2) is 12.6. The number of rotatable bonds is 6. The molecule has 47 heavy (non-hydrogen) atoms. The Balaban J connectivity index is 1.08. The summed E-state index contributed by atoms with van der Waals surface area (Å²) >= 11 is 5.41. The molecule has 0 amide bonds. The van der Waals surface area contributed by atoms with Crippen molar-refractivity contribution in [1.82, 2.24) is 4.98 Å². The molecule has 0 fully saturated rings. The lowest BCUT2D eigenvalue weighted by Crippen LogP contribution is -1.89. The number of aryl methyl sites for hydroxylation is 2. The van der Waals surface area contributed by atoms with Gasteiger partial charge in [-0.15, -0.1) is 34.4 Å². The molecule has 2 heterocycles. The summed E-state index contributed by atoms with van der Waals surface area (Å²) in [4.78, 5) is 7.58. The minimum atomic E-state index is 0.946. The van der Waals surface area contributed by atoms with Gasteiger partial charge in [-0.1, -0.05) is 103 Å². The highest BCUT2D eigenvalue weighted by Gasteiger charge is 2.14. The third kappa shape index (κ3) is 5.61. The fourth-order valence-corrected chi connectivity index (χ4v) is 9.13. The smallest absolute Gasteiger partial charge is 0.0896 e. The predicted molar refractivity (Wildman–Crippen MR) is 210 cm³/mol. The first kappa shape index (κ1) is 29.9. The fraction of sp³-hybridized carbons (Fsp3) is 0.0930. The third-order valence-corrected chi connectivity index (χ3v) is 12.1. The number of fused-ring (bicyclic) bond motifs is 2. The van der Waals surface area contributed by atoms with Crippen LogP contribution in [0.1, 0.15) is 22.4 Å². The molecule has 4 heteroatoms. The van der Waals surface area contributed by atoms with Gasteiger partial charge in [0.25, 0.3) is 0 Å². The van der Waals surface area contributed by atoms with Crippen LogP contribution in [0.25, 0.3) is 70.4 Å². The minimum absolute atomic E-state index is 0.946. The van der Waals surface area contributed by atoms with E-state index in [1.165, 1.54) is 85.8 Å². The van der Waals surface area contributed by atoms with Crippen molar-refractivity contribution in [2.24, 2.45) is 0 Å². The average molecular weight is 660 g/mol. The Morgan fingerprint density at radius 1 is 0.660 bits per heavy atom. The van der Waals surface area contributed by atoms with Crippen molar-refractivity contribution in [2.45, 2.75) is 20.3 Å². The molecule has 0 unspecified atom stereocenters. The van der Waals surface area contributed by atoms with Gasteiger partial charge in [0.15, 0.2) is 0 Å². The van der Waals surface area contributed by atoms with Crippen LogP contribution in [0.4, 0.5) is 0 Å². The molecule has 0 aliphatic heterocycles. The van der Waals surface area contributed by atoms with E-state index in [-0.39, 0.29) is 0 Å². The van der Waals surface area contributed by atoms with Crippen molar-refractivity contribution < 1.29 is 0 Å². The molecule has 1 aliphatic rings. The number of benzene rings is 5. The van der Waals surface area contributed by atoms with Gasteiger partial charge < -0.3 is 0 Å². The van der Waals surface area contributed by atoms with E-state index in [0.29, 0.717) is 0 Å². The largest absolute Gasteiger partial charge is 0.244 e. The molecule has 0 saturated heterocycles. The molecule has 0 N–H and O–H groups in total. The molecule has 0 radical (unpaired) electrons. The van der Waals surface area contributed by atoms with Crippen LogP contribution < -0.4 is 0 Å². The van der Waals surface area contributed by atoms with Gasteiger partial charge in [0.2, 0.25) is 0 Å². The summed E-state index contributed by atoms with van der Waals surface area (Å²) in [5.74, 6) is 0. The number of nitrogens with zero attached hydrogens (tertiary/aromatic N) is 1. The number of aromatic nitrogens is 1. The van der Waals surface area contributed by atoms with Crippen LogP contribution in [0.5, 0.6) is 0 Å². The van der Waals surface area contributed by atoms with Gasteiger partial charge in [-0.2, -0.15) is 0 Å². The SMILES string of the molecule is CSC1=C(c2cccc(-c3ccc(-c4ccc(-c5ccc(-c6ccc7sc(C)c(C)c7c6)cc5)c5ncsc45)cc3)c2)CC=CC=C1. The molecule has 1 aliphatic carbocycles. The lowest BCUT2D eigenvalue weighted by Gasteiger charge is -2.12. The zero-order valence-electron chi connectivity index (χ0n) is 26.6. The Kier molecular flexibility index (Phi) is 8.02. The summed E-state index contributed by atoms with van der Waals surface area (Å²) in [6.07, 6.45) is 11.8. The van der Waals surface area contributed by atoms with Crippen molar-refractivity contribution in [3.63, 3.8) is 0 Å². The van der Waals surface area contributed by atoms with Gasteiger partial charge >= 0.3 is 0 Å². The Morgan fingerprint density at radius 3 is 2.09 bits per heavy atom. The van der Waals surface area contributed by atoms with E-state index in [2.05, 4.69) is 148 Å². The van der Waals surface area contributed by atoms with E-state index in [1.54, 1.807) is 11.3 Å². The molecule has 1 nitrogen and oxygen atoms in total. The normalized spacial score (nSPS) is 13.2. The summed E-state index contributed by atoms with van der Waals surface area (Å²) < 4.78 is 2.58. The van der Waals surface area contributed by atoms with Crippen LogP contribution in [0.15, 0.2) is 138 Å². The second-order valence-corrected chi connectivity index (χ2v) is 14.9. The van der Waals surface area contributed by atoms with Gasteiger partial charge in [-0.3, -0.25) is 0 Å². The van der Waals surface area contributed by atoms with E-state index in [1.807, 2.05) is 28.6 Å². The van der Waals surface area contributed by atoms with Crippen LogP contribution >= 0.6 is 34.4 Å². The summed E-state index contributed by atoms with van der Waals surface area (Å²) in [5.41, 5.74) is 16.9. The number of thiophene rings is 1. The molecule has 5 aromatic carbocycles. The Morgan fingerprint density at radius 2 is 1.32 bits per heavy atom. The number of allylic oxidation sites excluding steroid dienone is 5. The van der Waals surface area contributed by atoms with E-state index in [9.17, 15) is 0 Å². The highest BCUT2D eigenvalue weighted by atomic mass is 32.2. The number of thiazole rings is 1. The van der Waals surface area contributed by atoms with Crippen molar-refractivity contribution in [3.8, 4) is 44.5 Å². The van der Waals surface area contributed by atoms with E-state index in [0.717, 1.165) is 11.9 Å². The molecule has 2 aromatic heterocycles. The van der Waals surface area contributed by atoms with E-state index in [4.69, 9.17) is 4.98 Å². The quantitative estimate of drug-likeness (QED) is 0.176. The Hall–Kier alpha value is -4.48. The summed E-state index contributed by atoms with van der Waals surface area (Å²) in [5, 5.41) is 1.36. The lowest BCUT2D eigenvalue weighted by atomic mass is 9.94. The van der Waals surface area contributed by atoms with Crippen LogP contribution in [-0.2, 0) is 0 Å². The van der Waals surface area contributed by atoms with Crippen molar-refractivity contribution in [1.29, 1.82) is 0 Å². The third-order valence-electron chi connectivity index (χ3n) is 9.26. The maximum atomic E-state index is 4.85. The molecular formula is C43H33NS3. The van der Waals surface area contributed by atoms with Gasteiger partial charge in [0, 0.05) is 25.6 Å². The van der Waals surface area contributed by atoms with Crippen LogP contribution in [-0.4, -0.2) is 11.2 Å². The van der Waals surface area contributed by atoms with Crippen molar-refractivity contribution >= 4 is 60.3 Å². The Labute approximate surface area is 288 Å². The van der Waals surface area contributed by atoms with Crippen molar-refractivity contribution in [2.75, 3.05) is 6.26 Å². The molecule has 0 spiro atoms. The zero-order chi connectivity index (χ0) is 31.9. The fourth-order valence-electron chi connectivity index (χ4n) is 6.56. The standard InChI is InChI=1S/C43H33NS3/c1-27-28(2)47-41-23-20-34(25-39(27)41)30-12-16-31(17-13-30)37-21-22-38(43-42(37)44-26-46-43)32-18-14-29(15-19-32)33-8-7-9-35(24-33)36-10-5-4-6-11-40(36)45-3/h4-9,11-26H,10H2,1-3H3. The van der Waals surface area contributed by atoms with E-state index >= 15 is 0 Å². The van der Waals surface area contributed by atoms with Gasteiger partial charge in [-0.05, 0) is 106 Å². The highest BCUT2D eigenvalue weighted by Crippen LogP contribution is 2.40. The summed E-state index contributed by atoms with van der Waals surface area (Å²) in [6.45, 7) is 4.44. The van der Waals surface area contributed by atoms with E-state index < -0.39 is 0 Å². The van der Waals surface area contributed by atoms with Gasteiger partial charge in [-0.25, -0.2) is 4.98 Å². The monoisotopic (exact) mass is 659 g/mol. The molecule has 7 aromatic rings. The van der Waals surface area contributed by atoms with Gasteiger partial charge in [0.05, 0.1) is 15.7 Å². The maximum absolute atomic E-state index is 4.85. The number of thioether (sulfide) groups is 1. The second-order valence-electron chi connectivity index (χ2n) is 12.0. The van der Waals surface area contributed by atoms with Crippen LogP contribution in [0.2, 0.25) is 0 Å². The predicted octanol–water partition coefficient (Wildman–Crippen LogP) is 13.4. The molecule has 0 saturated carbocycles. The summed E-state index contributed by atoms with van der Waals surface area (Å²) in [7, 11) is 0. The highest BCUT2D eigenvalue weighted by molar-refractivity contribution is 8.02. The molecule has 0 atom stereocenters. The molecule has 8 rings (SSSR count). The molecule has 0 bridgehead atoms. The Bertz CT molecular complexity index is 2360. The lowest BCUT2D eigenvalue weighted by molar-refractivity contribution is 1.39. The number of hydrogen-bond donors (Lipinski definition) is 0. The van der Waals surface area contributed by atoms with Crippen LogP contribution in [0, 0.1) is 13.8 Å². The summed E-state index contributed by atoms with van der Waals surface area (Å²) in [6, 6.07) is 38.3. The molecular weight excluding hydrogens is 627 g/mol. The first-order valence-corrected chi connectivity index (χ1v) is 18.8. The zero-order valence-corrected chi connectivity index (χ0v) is 29.0. The van der Waals surface area contributed by atoms with Gasteiger partial charge in [0.1, 0.15) is 0 Å².